The molecule has 0 aromatic heterocycles. The lowest BCUT2D eigenvalue weighted by atomic mass is 9.96. The van der Waals surface area contributed by atoms with Crippen molar-refractivity contribution in [1.29, 1.82) is 0 Å². The van der Waals surface area contributed by atoms with Crippen LogP contribution in [0.5, 0.6) is 11.5 Å². The minimum Gasteiger partial charge on any atom is -0.454 e. The monoisotopic (exact) mass is 381 g/mol. The molecule has 0 amide bonds. The number of nitrogens with zero attached hydrogens (tertiary/aromatic N) is 2. The molecule has 2 aliphatic heterocycles. The van der Waals surface area contributed by atoms with Crippen LogP contribution in [0.2, 0.25) is 0 Å². The fraction of sp³-hybridized carbons (Fsp3) is 0.571. The molecule has 1 fully saturated rings. The first-order valence-corrected chi connectivity index (χ1v) is 7.45. The molecule has 1 atom stereocenters. The van der Waals surface area contributed by atoms with E-state index in [1.54, 1.807) is 0 Å². The van der Waals surface area contributed by atoms with Gasteiger partial charge in [-0.15, -0.1) is 12.4 Å². The van der Waals surface area contributed by atoms with E-state index in [0.717, 1.165) is 6.07 Å². The Balaban J connectivity index is 0.00000225. The summed E-state index contributed by atoms with van der Waals surface area (Å²) in [5.74, 6) is -3.21. The van der Waals surface area contributed by atoms with Gasteiger partial charge in [-0.25, -0.2) is 8.78 Å². The van der Waals surface area contributed by atoms with Crippen molar-refractivity contribution in [3.63, 3.8) is 0 Å². The highest BCUT2D eigenvalue weighted by Crippen LogP contribution is 2.46. The average Bonchev–Trinajstić information content (AvgIpc) is 3.02. The van der Waals surface area contributed by atoms with Gasteiger partial charge in [-0.3, -0.25) is 15.0 Å². The molecule has 1 aromatic rings. The van der Waals surface area contributed by atoms with E-state index in [2.05, 4.69) is 5.32 Å². The molecule has 0 aliphatic carbocycles. The third-order valence-corrected chi connectivity index (χ3v) is 4.14. The molecular weight excluding hydrogens is 364 g/mol. The maximum absolute atomic E-state index is 14.5. The van der Waals surface area contributed by atoms with Crippen molar-refractivity contribution in [1.82, 2.24) is 10.2 Å². The van der Waals surface area contributed by atoms with Gasteiger partial charge < -0.3 is 19.9 Å². The van der Waals surface area contributed by atoms with Crippen LogP contribution in [0, 0.1) is 10.1 Å². The van der Waals surface area contributed by atoms with Crippen molar-refractivity contribution in [2.24, 2.45) is 0 Å². The van der Waals surface area contributed by atoms with Crippen molar-refractivity contribution in [2.45, 2.75) is 12.0 Å². The molecule has 0 unspecified atom stereocenters. The predicted molar refractivity (Wildman–Crippen MR) is 85.7 cm³/mol. The number of nitrogens with one attached hydrogen (secondary N) is 1. The van der Waals surface area contributed by atoms with Crippen molar-refractivity contribution in [2.75, 3.05) is 39.6 Å². The minimum absolute atomic E-state index is 0. The van der Waals surface area contributed by atoms with Crippen LogP contribution in [-0.2, 0) is 0 Å². The molecule has 2 heterocycles. The first kappa shape index (κ1) is 19.6. The Morgan fingerprint density at radius 3 is 2.48 bits per heavy atom. The van der Waals surface area contributed by atoms with Gasteiger partial charge in [0.2, 0.25) is 6.79 Å². The van der Waals surface area contributed by atoms with Crippen LogP contribution < -0.4 is 14.8 Å². The summed E-state index contributed by atoms with van der Waals surface area (Å²) in [6, 6.07) is 0.691. The summed E-state index contributed by atoms with van der Waals surface area (Å²) in [6.07, 6.45) is 0. The largest absolute Gasteiger partial charge is 0.454 e. The number of alkyl halides is 2. The van der Waals surface area contributed by atoms with Gasteiger partial charge in [0.25, 0.3) is 11.6 Å². The Hall–Kier alpha value is -1.75. The Morgan fingerprint density at radius 1 is 1.32 bits per heavy atom. The third-order valence-electron chi connectivity index (χ3n) is 4.14. The quantitative estimate of drug-likeness (QED) is 0.586. The number of rotatable bonds is 5. The van der Waals surface area contributed by atoms with E-state index < -0.39 is 29.2 Å². The van der Waals surface area contributed by atoms with Crippen molar-refractivity contribution < 1.29 is 28.3 Å². The second-order valence-corrected chi connectivity index (χ2v) is 5.63. The van der Waals surface area contributed by atoms with Crippen LogP contribution >= 0.6 is 12.4 Å². The average molecular weight is 382 g/mol. The van der Waals surface area contributed by atoms with E-state index in [1.807, 2.05) is 0 Å². The summed E-state index contributed by atoms with van der Waals surface area (Å²) in [4.78, 5) is 12.1. The highest BCUT2D eigenvalue weighted by Gasteiger charge is 2.47. The zero-order valence-corrected chi connectivity index (χ0v) is 13.9. The fourth-order valence-corrected chi connectivity index (χ4v) is 3.04. The molecule has 0 bridgehead atoms. The summed E-state index contributed by atoms with van der Waals surface area (Å²) in [5.41, 5.74) is -0.666. The normalized spacial score (nSPS) is 18.5. The summed E-state index contributed by atoms with van der Waals surface area (Å²) in [5, 5.41) is 23.6. The number of benzene rings is 1. The number of hydrogen-bond acceptors (Lipinski definition) is 7. The van der Waals surface area contributed by atoms with Gasteiger partial charge in [-0.05, 0) is 6.07 Å². The first-order valence-electron chi connectivity index (χ1n) is 7.45. The fourth-order valence-electron chi connectivity index (χ4n) is 3.04. The molecule has 25 heavy (non-hydrogen) atoms. The van der Waals surface area contributed by atoms with Crippen LogP contribution in [0.4, 0.5) is 14.5 Å². The SMILES string of the molecule is Cl.O=[N+]([O-])c1cc2c(cc1[C@H](N1CCNCC1)C(F)(F)CO)OCO2. The number of hydrogen-bond donors (Lipinski definition) is 2. The minimum atomic E-state index is -3.55. The molecule has 2 aliphatic rings. The van der Waals surface area contributed by atoms with Gasteiger partial charge in [0.1, 0.15) is 12.6 Å². The second-order valence-electron chi connectivity index (χ2n) is 5.63. The molecule has 8 nitrogen and oxygen atoms in total. The van der Waals surface area contributed by atoms with Gasteiger partial charge >= 0.3 is 0 Å². The number of nitro groups is 1. The molecule has 11 heteroatoms. The number of aliphatic hydroxyl groups is 1. The van der Waals surface area contributed by atoms with Crippen LogP contribution in [0.15, 0.2) is 12.1 Å². The third kappa shape index (κ3) is 3.76. The second kappa shape index (κ2) is 7.65. The van der Waals surface area contributed by atoms with Gasteiger partial charge in [0.05, 0.1) is 16.6 Å². The van der Waals surface area contributed by atoms with E-state index in [0.29, 0.717) is 13.1 Å². The lowest BCUT2D eigenvalue weighted by Crippen LogP contribution is -2.51. The van der Waals surface area contributed by atoms with E-state index in [4.69, 9.17) is 14.6 Å². The molecule has 1 aromatic carbocycles. The van der Waals surface area contributed by atoms with E-state index in [1.165, 1.54) is 11.0 Å². The first-order chi connectivity index (χ1) is 11.4. The smallest absolute Gasteiger partial charge is 0.290 e. The van der Waals surface area contributed by atoms with Crippen molar-refractivity contribution in [3.8, 4) is 11.5 Å². The Bertz CT molecular complexity index is 643. The van der Waals surface area contributed by atoms with Crippen LogP contribution in [0.1, 0.15) is 11.6 Å². The van der Waals surface area contributed by atoms with Crippen molar-refractivity contribution in [3.05, 3.63) is 27.8 Å². The molecule has 0 saturated carbocycles. The number of halogens is 3. The summed E-state index contributed by atoms with van der Waals surface area (Å²) in [7, 11) is 0. The molecule has 1 saturated heterocycles. The topological polar surface area (TPSA) is 97.1 Å². The van der Waals surface area contributed by atoms with Gasteiger partial charge in [-0.1, -0.05) is 0 Å². The van der Waals surface area contributed by atoms with Crippen LogP contribution in [-0.4, -0.2) is 60.4 Å². The number of nitro benzene ring substituents is 1. The number of ether oxygens (including phenoxy) is 2. The van der Waals surface area contributed by atoms with Gasteiger partial charge in [0, 0.05) is 26.2 Å². The van der Waals surface area contributed by atoms with E-state index in [-0.39, 0.29) is 49.4 Å². The number of piperazine rings is 1. The summed E-state index contributed by atoms with van der Waals surface area (Å²) in [6.45, 7) is 0.00223. The predicted octanol–water partition coefficient (Wildman–Crippen LogP) is 1.32. The van der Waals surface area contributed by atoms with E-state index in [9.17, 15) is 18.9 Å². The van der Waals surface area contributed by atoms with Gasteiger partial charge in [-0.2, -0.15) is 0 Å². The molecular formula is C14H18ClF2N3O5. The number of fused-ring (bicyclic) bond motifs is 1. The molecule has 3 rings (SSSR count). The molecule has 2 N–H and O–H groups in total. The molecule has 140 valence electrons. The van der Waals surface area contributed by atoms with Crippen LogP contribution in [0.25, 0.3) is 0 Å². The van der Waals surface area contributed by atoms with Crippen LogP contribution in [0.3, 0.4) is 0 Å². The van der Waals surface area contributed by atoms with E-state index >= 15 is 0 Å². The lowest BCUT2D eigenvalue weighted by Gasteiger charge is -2.38. The van der Waals surface area contributed by atoms with Crippen molar-refractivity contribution >= 4 is 18.1 Å². The number of aliphatic hydroxyl groups excluding tert-OH is 1. The standard InChI is InChI=1S/C14H17F2N3O5.ClH/c15-14(16,7-20)13(18-3-1-17-2-4-18)9-5-11-12(24-8-23-11)6-10(9)19(21)22;/h5-6,13,17,20H,1-4,7-8H2;1H/t13-;/m0./s1. The zero-order valence-electron chi connectivity index (χ0n) is 13.1. The highest BCUT2D eigenvalue weighted by molar-refractivity contribution is 5.85. The summed E-state index contributed by atoms with van der Waals surface area (Å²) >= 11 is 0. The maximum atomic E-state index is 14.5. The highest BCUT2D eigenvalue weighted by atomic mass is 35.5. The van der Waals surface area contributed by atoms with Gasteiger partial charge in [0.15, 0.2) is 11.5 Å². The Morgan fingerprint density at radius 2 is 1.92 bits per heavy atom. The summed E-state index contributed by atoms with van der Waals surface area (Å²) < 4.78 is 39.2. The Labute approximate surface area is 148 Å². The maximum Gasteiger partial charge on any atom is 0.290 e. The Kier molecular flexibility index (Phi) is 5.99. The molecule has 0 spiro atoms. The lowest BCUT2D eigenvalue weighted by molar-refractivity contribution is -0.386. The molecule has 0 radical (unpaired) electrons. The zero-order chi connectivity index (χ0) is 17.3.